The van der Waals surface area contributed by atoms with Crippen LogP contribution >= 0.6 is 0 Å². The summed E-state index contributed by atoms with van der Waals surface area (Å²) in [5, 5.41) is 15.0. The molecule has 0 bridgehead atoms. The number of nitro benzene ring substituents is 1. The van der Waals surface area contributed by atoms with Crippen LogP contribution in [0.4, 0.5) is 23.7 Å². The molecule has 0 radical (unpaired) electrons. The van der Waals surface area contributed by atoms with Crippen LogP contribution < -0.4 is 20.1 Å². The number of methoxy groups -OCH3 is 1. The normalized spacial score (nSPS) is 13.9. The molecule has 1 aliphatic heterocycles. The van der Waals surface area contributed by atoms with Crippen molar-refractivity contribution in [2.75, 3.05) is 7.11 Å². The number of amides is 4. The van der Waals surface area contributed by atoms with Crippen molar-refractivity contribution in [1.82, 2.24) is 10.6 Å². The number of benzene rings is 2. The maximum atomic E-state index is 12.9. The molecule has 13 heteroatoms. The summed E-state index contributed by atoms with van der Waals surface area (Å²) in [4.78, 5) is 45.0. The largest absolute Gasteiger partial charge is 0.493 e. The Morgan fingerprint density at radius 3 is 2.16 bits per heavy atom. The number of hydrogen-bond acceptors (Lipinski definition) is 7. The molecule has 166 valence electrons. The van der Waals surface area contributed by atoms with E-state index in [1.54, 1.807) is 0 Å². The Morgan fingerprint density at radius 2 is 1.59 bits per heavy atom. The summed E-state index contributed by atoms with van der Waals surface area (Å²) in [5.41, 5.74) is -2.22. The van der Waals surface area contributed by atoms with Crippen molar-refractivity contribution in [2.45, 2.75) is 6.18 Å². The van der Waals surface area contributed by atoms with E-state index in [1.165, 1.54) is 25.3 Å². The fourth-order valence-electron chi connectivity index (χ4n) is 2.67. The lowest BCUT2D eigenvalue weighted by atomic mass is 10.1. The fraction of sp³-hybridized carbons (Fsp3) is 0.105. The number of carbonyl (C=O) groups excluding carboxylic acids is 3. The number of alkyl halides is 3. The SMILES string of the molecule is COc1cc(C=C2C(=O)NC(=O)NC2=O)ccc1Oc1ccc(C(F)(F)F)cc1[N+](=O)[O-]. The van der Waals surface area contributed by atoms with E-state index in [-0.39, 0.29) is 22.6 Å². The van der Waals surface area contributed by atoms with Crippen LogP contribution in [-0.2, 0) is 15.8 Å². The lowest BCUT2D eigenvalue weighted by molar-refractivity contribution is -0.385. The number of carbonyl (C=O) groups is 3. The van der Waals surface area contributed by atoms with Crippen molar-refractivity contribution in [2.24, 2.45) is 0 Å². The second-order valence-corrected chi connectivity index (χ2v) is 6.25. The highest BCUT2D eigenvalue weighted by atomic mass is 19.4. The van der Waals surface area contributed by atoms with Gasteiger partial charge in [-0.15, -0.1) is 0 Å². The van der Waals surface area contributed by atoms with Crippen molar-refractivity contribution in [3.05, 3.63) is 63.2 Å². The van der Waals surface area contributed by atoms with E-state index in [9.17, 15) is 37.7 Å². The number of nitro groups is 1. The Hall–Kier alpha value is -4.42. The maximum Gasteiger partial charge on any atom is 0.416 e. The monoisotopic (exact) mass is 451 g/mol. The number of hydrogen-bond donors (Lipinski definition) is 2. The molecule has 3 rings (SSSR count). The van der Waals surface area contributed by atoms with Crippen molar-refractivity contribution in [3.63, 3.8) is 0 Å². The average Bonchev–Trinajstić information content (AvgIpc) is 2.70. The molecule has 0 saturated carbocycles. The third-order valence-electron chi connectivity index (χ3n) is 4.14. The predicted molar refractivity (Wildman–Crippen MR) is 101 cm³/mol. The number of imide groups is 2. The van der Waals surface area contributed by atoms with Gasteiger partial charge in [0.1, 0.15) is 5.57 Å². The summed E-state index contributed by atoms with van der Waals surface area (Å²) >= 11 is 0. The van der Waals surface area contributed by atoms with Gasteiger partial charge in [0.2, 0.25) is 5.75 Å². The van der Waals surface area contributed by atoms with Crippen molar-refractivity contribution in [1.29, 1.82) is 0 Å². The molecule has 4 amide bonds. The topological polar surface area (TPSA) is 137 Å². The highest BCUT2D eigenvalue weighted by molar-refractivity contribution is 6.31. The molecule has 1 aliphatic rings. The summed E-state index contributed by atoms with van der Waals surface area (Å²) < 4.78 is 49.1. The van der Waals surface area contributed by atoms with Crippen LogP contribution in [0.15, 0.2) is 42.0 Å². The summed E-state index contributed by atoms with van der Waals surface area (Å²) in [5.74, 6) is -2.37. The van der Waals surface area contributed by atoms with Gasteiger partial charge < -0.3 is 9.47 Å². The highest BCUT2D eigenvalue weighted by Gasteiger charge is 2.33. The summed E-state index contributed by atoms with van der Waals surface area (Å²) in [6.45, 7) is 0. The van der Waals surface area contributed by atoms with E-state index in [4.69, 9.17) is 9.47 Å². The number of nitrogens with zero attached hydrogens (tertiary/aromatic N) is 1. The van der Waals surface area contributed by atoms with Crippen molar-refractivity contribution >= 4 is 29.6 Å². The summed E-state index contributed by atoms with van der Waals surface area (Å²) in [7, 11) is 1.24. The number of nitrogens with one attached hydrogen (secondary N) is 2. The number of ether oxygens (including phenoxy) is 2. The minimum atomic E-state index is -4.78. The Morgan fingerprint density at radius 1 is 0.969 bits per heavy atom. The first-order chi connectivity index (χ1) is 15.0. The van der Waals surface area contributed by atoms with Gasteiger partial charge in [-0.05, 0) is 35.9 Å². The minimum absolute atomic E-state index is 0.00116. The van der Waals surface area contributed by atoms with Crippen LogP contribution in [0.3, 0.4) is 0 Å². The van der Waals surface area contributed by atoms with Gasteiger partial charge in [-0.2, -0.15) is 13.2 Å². The molecule has 32 heavy (non-hydrogen) atoms. The van der Waals surface area contributed by atoms with Gasteiger partial charge in [0.05, 0.1) is 17.6 Å². The second kappa shape index (κ2) is 8.37. The van der Waals surface area contributed by atoms with Gasteiger partial charge in [0.15, 0.2) is 11.5 Å². The van der Waals surface area contributed by atoms with E-state index < -0.39 is 45.9 Å². The number of barbiturate groups is 1. The van der Waals surface area contributed by atoms with Crippen LogP contribution in [0.25, 0.3) is 6.08 Å². The molecule has 0 unspecified atom stereocenters. The third kappa shape index (κ3) is 4.66. The maximum absolute atomic E-state index is 12.9. The Bertz CT molecular complexity index is 1150. The van der Waals surface area contributed by atoms with Gasteiger partial charge in [0.25, 0.3) is 11.8 Å². The summed E-state index contributed by atoms with van der Waals surface area (Å²) in [6.07, 6.45) is -3.62. The molecular weight excluding hydrogens is 439 g/mol. The molecule has 2 aromatic carbocycles. The molecule has 1 heterocycles. The van der Waals surface area contributed by atoms with Gasteiger partial charge >= 0.3 is 17.9 Å². The molecule has 1 saturated heterocycles. The zero-order valence-electron chi connectivity index (χ0n) is 16.0. The average molecular weight is 451 g/mol. The van der Waals surface area contributed by atoms with Gasteiger partial charge in [-0.1, -0.05) is 6.07 Å². The van der Waals surface area contributed by atoms with E-state index in [2.05, 4.69) is 0 Å². The van der Waals surface area contributed by atoms with Gasteiger partial charge in [0, 0.05) is 6.07 Å². The Kier molecular flexibility index (Phi) is 5.83. The number of rotatable bonds is 5. The van der Waals surface area contributed by atoms with Gasteiger partial charge in [-0.3, -0.25) is 30.3 Å². The minimum Gasteiger partial charge on any atom is -0.493 e. The second-order valence-electron chi connectivity index (χ2n) is 6.25. The molecule has 10 nitrogen and oxygen atoms in total. The fourth-order valence-corrected chi connectivity index (χ4v) is 2.67. The molecule has 0 atom stereocenters. The lowest BCUT2D eigenvalue weighted by Gasteiger charge is -2.15. The lowest BCUT2D eigenvalue weighted by Crippen LogP contribution is -2.51. The standard InChI is InChI=1S/C19H12F3N3O7/c1-31-15-7-9(6-11-16(26)23-18(28)24-17(11)27)2-4-14(15)32-13-5-3-10(19(20,21)22)8-12(13)25(29)30/h2-8H,1H3,(H2,23,24,26,27,28). The molecule has 2 aromatic rings. The smallest absolute Gasteiger partial charge is 0.416 e. The molecule has 0 aliphatic carbocycles. The molecule has 2 N–H and O–H groups in total. The zero-order chi connectivity index (χ0) is 23.6. The Labute approximate surface area is 176 Å². The molecule has 0 aromatic heterocycles. The third-order valence-corrected chi connectivity index (χ3v) is 4.14. The van der Waals surface area contributed by atoms with Crippen LogP contribution in [0, 0.1) is 10.1 Å². The molecule has 1 fully saturated rings. The van der Waals surface area contributed by atoms with Crippen molar-refractivity contribution < 1.29 is 42.0 Å². The molecular formula is C19H12F3N3O7. The van der Waals surface area contributed by atoms with Crippen LogP contribution in [0.5, 0.6) is 17.2 Å². The van der Waals surface area contributed by atoms with E-state index >= 15 is 0 Å². The van der Waals surface area contributed by atoms with Crippen LogP contribution in [0.2, 0.25) is 0 Å². The quantitative estimate of drug-likeness (QED) is 0.308. The van der Waals surface area contributed by atoms with E-state index in [0.717, 1.165) is 12.1 Å². The first kappa shape index (κ1) is 22.3. The molecule has 0 spiro atoms. The van der Waals surface area contributed by atoms with E-state index in [1.807, 2.05) is 10.6 Å². The number of urea groups is 1. The van der Waals surface area contributed by atoms with Crippen LogP contribution in [0.1, 0.15) is 11.1 Å². The highest BCUT2D eigenvalue weighted by Crippen LogP contribution is 2.40. The van der Waals surface area contributed by atoms with Crippen LogP contribution in [-0.4, -0.2) is 29.9 Å². The Balaban J connectivity index is 1.95. The zero-order valence-corrected chi connectivity index (χ0v) is 16.0. The van der Waals surface area contributed by atoms with Crippen molar-refractivity contribution in [3.8, 4) is 17.2 Å². The first-order valence-electron chi connectivity index (χ1n) is 8.59. The number of halogens is 3. The first-order valence-corrected chi connectivity index (χ1v) is 8.59. The van der Waals surface area contributed by atoms with Gasteiger partial charge in [-0.25, -0.2) is 4.79 Å². The predicted octanol–water partition coefficient (Wildman–Crippen LogP) is 3.16. The van der Waals surface area contributed by atoms with E-state index in [0.29, 0.717) is 12.1 Å². The summed E-state index contributed by atoms with van der Waals surface area (Å²) in [6, 6.07) is 4.78.